The summed E-state index contributed by atoms with van der Waals surface area (Å²) in [4.78, 5) is 35.8. The van der Waals surface area contributed by atoms with Crippen LogP contribution in [-0.2, 0) is 23.2 Å². The number of aryl methyl sites for hydroxylation is 1. The van der Waals surface area contributed by atoms with Gasteiger partial charge >= 0.3 is 0 Å². The smallest absolute Gasteiger partial charge is 0.230 e. The molecule has 1 unspecified atom stereocenters. The van der Waals surface area contributed by atoms with Gasteiger partial charge < -0.3 is 14.8 Å². The minimum atomic E-state index is -0.391. The summed E-state index contributed by atoms with van der Waals surface area (Å²) in [6.45, 7) is 2.77. The predicted molar refractivity (Wildman–Crippen MR) is 110 cm³/mol. The molecular weight excluding hydrogens is 366 g/mol. The van der Waals surface area contributed by atoms with E-state index in [1.54, 1.807) is 17.3 Å². The van der Waals surface area contributed by atoms with E-state index < -0.39 is 5.92 Å². The minimum Gasteiger partial charge on any atom is -0.337 e. The van der Waals surface area contributed by atoms with Crippen molar-refractivity contribution in [1.82, 2.24) is 19.4 Å². The van der Waals surface area contributed by atoms with Crippen LogP contribution in [0, 0.1) is 12.8 Å². The van der Waals surface area contributed by atoms with Crippen LogP contribution in [0.25, 0.3) is 11.3 Å². The van der Waals surface area contributed by atoms with Gasteiger partial charge in [0.15, 0.2) is 0 Å². The van der Waals surface area contributed by atoms with Crippen molar-refractivity contribution in [3.63, 3.8) is 0 Å². The molecule has 2 aromatic heterocycles. The van der Waals surface area contributed by atoms with E-state index in [1.165, 1.54) is 0 Å². The molecule has 0 spiro atoms. The number of nitrogens with one attached hydrogen (secondary N) is 1. The van der Waals surface area contributed by atoms with Gasteiger partial charge in [0, 0.05) is 44.5 Å². The number of carbonyl (C=O) groups is 2. The average molecular weight is 389 g/mol. The second-order valence-corrected chi connectivity index (χ2v) is 7.31. The van der Waals surface area contributed by atoms with Gasteiger partial charge in [0.1, 0.15) is 17.3 Å². The zero-order valence-electron chi connectivity index (χ0n) is 16.5. The number of carbonyl (C=O) groups excluding carboxylic acids is 2. The molecule has 1 aliphatic heterocycles. The fourth-order valence-corrected chi connectivity index (χ4v) is 3.58. The number of rotatable bonds is 5. The van der Waals surface area contributed by atoms with Crippen LogP contribution in [0.1, 0.15) is 17.8 Å². The lowest BCUT2D eigenvalue weighted by molar-refractivity contribution is -0.128. The maximum absolute atomic E-state index is 13.0. The van der Waals surface area contributed by atoms with Crippen LogP contribution in [0.15, 0.2) is 54.9 Å². The monoisotopic (exact) mass is 389 g/mol. The maximum atomic E-state index is 13.0. The lowest BCUT2D eigenvalue weighted by Gasteiger charge is -2.17. The Morgan fingerprint density at radius 2 is 2.00 bits per heavy atom. The van der Waals surface area contributed by atoms with Crippen molar-refractivity contribution in [2.24, 2.45) is 13.0 Å². The quantitative estimate of drug-likeness (QED) is 0.728. The summed E-state index contributed by atoms with van der Waals surface area (Å²) in [6, 6.07) is 13.5. The molecule has 1 aromatic carbocycles. The number of imidazole rings is 1. The molecule has 1 fully saturated rings. The highest BCUT2D eigenvalue weighted by Crippen LogP contribution is 2.29. The van der Waals surface area contributed by atoms with Crippen molar-refractivity contribution >= 4 is 17.6 Å². The van der Waals surface area contributed by atoms with Crippen molar-refractivity contribution in [3.05, 3.63) is 66.2 Å². The van der Waals surface area contributed by atoms with E-state index >= 15 is 0 Å². The highest BCUT2D eigenvalue weighted by molar-refractivity contribution is 5.98. The highest BCUT2D eigenvalue weighted by atomic mass is 16.2. The van der Waals surface area contributed by atoms with E-state index in [0.29, 0.717) is 18.9 Å². The van der Waals surface area contributed by atoms with Crippen LogP contribution >= 0.6 is 0 Å². The molecule has 1 N–H and O–H groups in total. The number of benzene rings is 1. The zero-order chi connectivity index (χ0) is 20.4. The first kappa shape index (κ1) is 18.9. The fourth-order valence-electron chi connectivity index (χ4n) is 3.58. The molecule has 7 heteroatoms. The van der Waals surface area contributed by atoms with Crippen LogP contribution in [0.2, 0.25) is 0 Å². The summed E-state index contributed by atoms with van der Waals surface area (Å²) in [5, 5.41) is 3.02. The van der Waals surface area contributed by atoms with Crippen molar-refractivity contribution in [2.75, 3.05) is 11.9 Å². The Labute approximate surface area is 169 Å². The number of likely N-dealkylation sites (tertiary alicyclic amines) is 1. The largest absolute Gasteiger partial charge is 0.337 e. The molecule has 29 heavy (non-hydrogen) atoms. The van der Waals surface area contributed by atoms with Gasteiger partial charge in [-0.2, -0.15) is 0 Å². The first-order valence-corrected chi connectivity index (χ1v) is 9.59. The number of nitrogens with zero attached hydrogens (tertiary/aromatic N) is 4. The molecule has 0 aliphatic carbocycles. The molecule has 0 radical (unpaired) electrons. The summed E-state index contributed by atoms with van der Waals surface area (Å²) in [6.07, 6.45) is 3.65. The van der Waals surface area contributed by atoms with Crippen LogP contribution in [-0.4, -0.2) is 37.8 Å². The normalized spacial score (nSPS) is 16.3. The first-order chi connectivity index (χ1) is 14.0. The second-order valence-electron chi connectivity index (χ2n) is 7.31. The van der Waals surface area contributed by atoms with Crippen molar-refractivity contribution in [3.8, 4) is 11.3 Å². The van der Waals surface area contributed by atoms with E-state index in [2.05, 4.69) is 15.3 Å². The molecule has 1 aliphatic rings. The summed E-state index contributed by atoms with van der Waals surface area (Å²) in [5.41, 5.74) is 2.62. The van der Waals surface area contributed by atoms with Crippen LogP contribution in [0.3, 0.4) is 0 Å². The molecule has 1 atom stereocenters. The third-order valence-corrected chi connectivity index (χ3v) is 5.29. The molecular formula is C22H23N5O2. The first-order valence-electron chi connectivity index (χ1n) is 9.59. The van der Waals surface area contributed by atoms with Crippen molar-refractivity contribution in [1.29, 1.82) is 0 Å². The molecule has 3 aromatic rings. The topological polar surface area (TPSA) is 80.1 Å². The Kier molecular flexibility index (Phi) is 5.12. The maximum Gasteiger partial charge on any atom is 0.230 e. The summed E-state index contributed by atoms with van der Waals surface area (Å²) < 4.78 is 1.87. The number of hydrogen-bond donors (Lipinski definition) is 1. The molecule has 7 nitrogen and oxygen atoms in total. The van der Waals surface area contributed by atoms with Crippen LogP contribution in [0.4, 0.5) is 5.82 Å². The lowest BCUT2D eigenvalue weighted by Crippen LogP contribution is -2.28. The number of amides is 2. The van der Waals surface area contributed by atoms with Gasteiger partial charge in [0.2, 0.25) is 11.8 Å². The van der Waals surface area contributed by atoms with Gasteiger partial charge in [-0.3, -0.25) is 14.6 Å². The molecule has 3 heterocycles. The Morgan fingerprint density at radius 3 is 2.72 bits per heavy atom. The van der Waals surface area contributed by atoms with Gasteiger partial charge in [-0.15, -0.1) is 0 Å². The minimum absolute atomic E-state index is 0.0153. The van der Waals surface area contributed by atoms with E-state index in [4.69, 9.17) is 0 Å². The Morgan fingerprint density at radius 1 is 1.21 bits per heavy atom. The average Bonchev–Trinajstić information content (AvgIpc) is 3.24. The summed E-state index contributed by atoms with van der Waals surface area (Å²) in [5.74, 6) is 0.889. The molecule has 148 valence electrons. The number of aromatic nitrogens is 3. The number of anilines is 1. The lowest BCUT2D eigenvalue weighted by atomic mass is 10.1. The van der Waals surface area contributed by atoms with Crippen molar-refractivity contribution < 1.29 is 9.59 Å². The highest BCUT2D eigenvalue weighted by Gasteiger charge is 2.35. The molecule has 2 amide bonds. The SMILES string of the molecule is Cc1nc(-c2ccccc2)c(NC(=O)C2CC(=O)N(Cc3cccnc3)C2)n1C. The number of hydrogen-bond acceptors (Lipinski definition) is 4. The van der Waals surface area contributed by atoms with Gasteiger partial charge in [0.05, 0.1) is 5.92 Å². The van der Waals surface area contributed by atoms with Crippen LogP contribution in [0.5, 0.6) is 0 Å². The third kappa shape index (κ3) is 3.89. The van der Waals surface area contributed by atoms with E-state index in [9.17, 15) is 9.59 Å². The van der Waals surface area contributed by atoms with Crippen molar-refractivity contribution in [2.45, 2.75) is 19.9 Å². The van der Waals surface area contributed by atoms with E-state index in [1.807, 2.05) is 61.0 Å². The zero-order valence-corrected chi connectivity index (χ0v) is 16.5. The van der Waals surface area contributed by atoms with Gasteiger partial charge in [-0.1, -0.05) is 36.4 Å². The fraction of sp³-hybridized carbons (Fsp3) is 0.273. The Bertz CT molecular complexity index is 1030. The van der Waals surface area contributed by atoms with Crippen LogP contribution < -0.4 is 5.32 Å². The van der Waals surface area contributed by atoms with E-state index in [0.717, 1.165) is 22.6 Å². The Hall–Kier alpha value is -3.48. The predicted octanol–water partition coefficient (Wildman–Crippen LogP) is 2.78. The molecule has 0 bridgehead atoms. The van der Waals surface area contributed by atoms with Gasteiger partial charge in [-0.05, 0) is 18.6 Å². The second kappa shape index (κ2) is 7.87. The Balaban J connectivity index is 1.50. The van der Waals surface area contributed by atoms with E-state index in [-0.39, 0.29) is 18.2 Å². The molecule has 4 rings (SSSR count). The molecule has 0 saturated carbocycles. The number of pyridine rings is 1. The third-order valence-electron chi connectivity index (χ3n) is 5.29. The standard InChI is InChI=1S/C22H23N5O2/c1-15-24-20(17-8-4-3-5-9-17)21(26(15)2)25-22(29)18-11-19(28)27(14-18)13-16-7-6-10-23-12-16/h3-10,12,18H,11,13-14H2,1-2H3,(H,25,29). The van der Waals surface area contributed by atoms with Gasteiger partial charge in [0.25, 0.3) is 0 Å². The summed E-state index contributed by atoms with van der Waals surface area (Å²) >= 11 is 0. The molecule has 1 saturated heterocycles. The van der Waals surface area contributed by atoms with Gasteiger partial charge in [-0.25, -0.2) is 4.98 Å². The summed E-state index contributed by atoms with van der Waals surface area (Å²) in [7, 11) is 1.87.